The number of nitrogen functional groups attached to an aromatic ring is 1. The van der Waals surface area contributed by atoms with Gasteiger partial charge in [0.1, 0.15) is 5.84 Å². The fourth-order valence-electron chi connectivity index (χ4n) is 4.58. The van der Waals surface area contributed by atoms with Crippen LogP contribution in [0.2, 0.25) is 0 Å². The Kier molecular flexibility index (Phi) is 5.15. The highest BCUT2D eigenvalue weighted by Gasteiger charge is 2.31. The van der Waals surface area contributed by atoms with E-state index in [-0.39, 0.29) is 5.84 Å². The molecule has 1 saturated heterocycles. The first-order chi connectivity index (χ1) is 13.3. The van der Waals surface area contributed by atoms with Crippen LogP contribution in [0, 0.1) is 10.8 Å². The van der Waals surface area contributed by atoms with Gasteiger partial charge in [-0.15, -0.1) is 0 Å². The Labute approximate surface area is 172 Å². The van der Waals surface area contributed by atoms with Crippen molar-refractivity contribution in [2.45, 2.75) is 49.4 Å². The second kappa shape index (κ2) is 7.45. The molecule has 1 unspecified atom stereocenters. The molecule has 148 valence electrons. The molecule has 0 aromatic heterocycles. The fourth-order valence-corrected chi connectivity index (χ4v) is 5.63. The van der Waals surface area contributed by atoms with E-state index in [1.807, 2.05) is 6.07 Å². The maximum atomic E-state index is 7.86. The standard InChI is InChI=1S/C23H30N4S/c1-16(14-26-12-6-11-23(2,3)15-26)27-18-7-4-5-8-20(18)28-21-10-9-17(22(24)25)13-19(21)27/h4-5,7-10,13,16H,6,11-12,14-15H2,1-3H3,(H3,24,25). The predicted octanol–water partition coefficient (Wildman–Crippen LogP) is 5.08. The molecule has 5 heteroatoms. The highest BCUT2D eigenvalue weighted by molar-refractivity contribution is 7.99. The van der Waals surface area contributed by atoms with Gasteiger partial charge in [-0.25, -0.2) is 0 Å². The second-order valence-electron chi connectivity index (χ2n) is 8.89. The van der Waals surface area contributed by atoms with Crippen LogP contribution in [-0.2, 0) is 0 Å². The van der Waals surface area contributed by atoms with Crippen molar-refractivity contribution in [1.29, 1.82) is 5.41 Å². The molecule has 0 saturated carbocycles. The van der Waals surface area contributed by atoms with Gasteiger partial charge in [-0.2, -0.15) is 0 Å². The van der Waals surface area contributed by atoms with Crippen molar-refractivity contribution in [3.05, 3.63) is 48.0 Å². The Morgan fingerprint density at radius 1 is 1.18 bits per heavy atom. The minimum absolute atomic E-state index is 0.122. The lowest BCUT2D eigenvalue weighted by molar-refractivity contribution is 0.113. The van der Waals surface area contributed by atoms with Crippen molar-refractivity contribution < 1.29 is 0 Å². The Hall–Kier alpha value is -1.98. The average molecular weight is 395 g/mol. The third-order valence-corrected chi connectivity index (χ3v) is 6.95. The molecular weight excluding hydrogens is 364 g/mol. The number of hydrogen-bond acceptors (Lipinski definition) is 4. The molecule has 0 bridgehead atoms. The molecule has 3 N–H and O–H groups in total. The number of nitrogens with one attached hydrogen (secondary N) is 1. The normalized spacial score (nSPS) is 19.6. The van der Waals surface area contributed by atoms with Gasteiger partial charge in [-0.05, 0) is 56.0 Å². The van der Waals surface area contributed by atoms with E-state index in [0.717, 1.165) is 18.7 Å². The zero-order valence-electron chi connectivity index (χ0n) is 17.0. The maximum absolute atomic E-state index is 7.86. The summed E-state index contributed by atoms with van der Waals surface area (Å²) >= 11 is 1.80. The van der Waals surface area contributed by atoms with Crippen molar-refractivity contribution >= 4 is 29.0 Å². The molecule has 0 aliphatic carbocycles. The molecule has 28 heavy (non-hydrogen) atoms. The topological polar surface area (TPSA) is 56.4 Å². The number of piperidine rings is 1. The second-order valence-corrected chi connectivity index (χ2v) is 9.97. The quantitative estimate of drug-likeness (QED) is 0.561. The summed E-state index contributed by atoms with van der Waals surface area (Å²) in [7, 11) is 0. The number of nitrogens with zero attached hydrogens (tertiary/aromatic N) is 2. The van der Waals surface area contributed by atoms with Crippen LogP contribution in [0.1, 0.15) is 39.2 Å². The molecule has 0 radical (unpaired) electrons. The van der Waals surface area contributed by atoms with Gasteiger partial charge >= 0.3 is 0 Å². The number of anilines is 2. The van der Waals surface area contributed by atoms with E-state index < -0.39 is 0 Å². The number of para-hydroxylation sites is 1. The van der Waals surface area contributed by atoms with E-state index in [9.17, 15) is 0 Å². The fraction of sp³-hybridized carbons (Fsp3) is 0.435. The first-order valence-electron chi connectivity index (χ1n) is 10.1. The van der Waals surface area contributed by atoms with Crippen LogP contribution in [0.15, 0.2) is 52.3 Å². The number of rotatable bonds is 4. The molecule has 1 atom stereocenters. The highest BCUT2D eigenvalue weighted by atomic mass is 32.2. The summed E-state index contributed by atoms with van der Waals surface area (Å²) in [6.45, 7) is 10.4. The van der Waals surface area contributed by atoms with Crippen molar-refractivity contribution in [3.63, 3.8) is 0 Å². The molecule has 4 rings (SSSR count). The minimum atomic E-state index is 0.122. The Balaban J connectivity index is 1.69. The first kappa shape index (κ1) is 19.3. The predicted molar refractivity (Wildman–Crippen MR) is 119 cm³/mol. The molecule has 2 aromatic carbocycles. The van der Waals surface area contributed by atoms with Crippen LogP contribution >= 0.6 is 11.8 Å². The summed E-state index contributed by atoms with van der Waals surface area (Å²) in [4.78, 5) is 7.59. The number of likely N-dealkylation sites (tertiary alicyclic amines) is 1. The lowest BCUT2D eigenvalue weighted by Crippen LogP contribution is -2.47. The van der Waals surface area contributed by atoms with Gasteiger partial charge in [-0.1, -0.05) is 43.8 Å². The molecule has 4 nitrogen and oxygen atoms in total. The minimum Gasteiger partial charge on any atom is -0.384 e. The Morgan fingerprint density at radius 2 is 1.93 bits per heavy atom. The van der Waals surface area contributed by atoms with Crippen LogP contribution in [0.25, 0.3) is 0 Å². The van der Waals surface area contributed by atoms with E-state index in [1.165, 1.54) is 40.6 Å². The van der Waals surface area contributed by atoms with Crippen molar-refractivity contribution in [2.75, 3.05) is 24.5 Å². The van der Waals surface area contributed by atoms with E-state index >= 15 is 0 Å². The summed E-state index contributed by atoms with van der Waals surface area (Å²) in [5.41, 5.74) is 9.40. The van der Waals surface area contributed by atoms with Crippen LogP contribution < -0.4 is 10.6 Å². The first-order valence-corrected chi connectivity index (χ1v) is 10.9. The third kappa shape index (κ3) is 3.78. The number of amidine groups is 1. The average Bonchev–Trinajstić information content (AvgIpc) is 2.64. The number of hydrogen-bond donors (Lipinski definition) is 2. The summed E-state index contributed by atoms with van der Waals surface area (Å²) < 4.78 is 0. The molecule has 2 heterocycles. The molecule has 2 aliphatic heterocycles. The monoisotopic (exact) mass is 394 g/mol. The van der Waals surface area contributed by atoms with E-state index in [4.69, 9.17) is 11.1 Å². The van der Waals surface area contributed by atoms with Gasteiger partial charge in [0, 0.05) is 34.5 Å². The van der Waals surface area contributed by atoms with E-state index in [2.05, 4.69) is 67.0 Å². The van der Waals surface area contributed by atoms with Crippen LogP contribution in [0.5, 0.6) is 0 Å². The van der Waals surface area contributed by atoms with Crippen LogP contribution in [0.4, 0.5) is 11.4 Å². The number of nitrogens with two attached hydrogens (primary N) is 1. The van der Waals surface area contributed by atoms with Gasteiger partial charge in [0.05, 0.1) is 11.4 Å². The van der Waals surface area contributed by atoms with Crippen molar-refractivity contribution in [1.82, 2.24) is 4.90 Å². The molecular formula is C23H30N4S. The maximum Gasteiger partial charge on any atom is 0.122 e. The SMILES string of the molecule is CC(CN1CCCC(C)(C)C1)N1c2ccccc2Sc2ccc(C(=N)N)cc21. The Morgan fingerprint density at radius 3 is 2.68 bits per heavy atom. The lowest BCUT2D eigenvalue weighted by Gasteiger charge is -2.43. The molecule has 0 amide bonds. The zero-order chi connectivity index (χ0) is 19.9. The van der Waals surface area contributed by atoms with Crippen molar-refractivity contribution in [2.24, 2.45) is 11.1 Å². The number of benzene rings is 2. The smallest absolute Gasteiger partial charge is 0.122 e. The third-order valence-electron chi connectivity index (χ3n) is 5.82. The van der Waals surface area contributed by atoms with Gasteiger partial charge in [-0.3, -0.25) is 5.41 Å². The van der Waals surface area contributed by atoms with Gasteiger partial charge in [0.2, 0.25) is 0 Å². The summed E-state index contributed by atoms with van der Waals surface area (Å²) in [6, 6.07) is 15.1. The van der Waals surface area contributed by atoms with Crippen molar-refractivity contribution in [3.8, 4) is 0 Å². The zero-order valence-corrected chi connectivity index (χ0v) is 17.9. The largest absolute Gasteiger partial charge is 0.384 e. The summed E-state index contributed by atoms with van der Waals surface area (Å²) in [5, 5.41) is 7.86. The van der Waals surface area contributed by atoms with Crippen LogP contribution in [0.3, 0.4) is 0 Å². The molecule has 0 spiro atoms. The lowest BCUT2D eigenvalue weighted by atomic mass is 9.84. The van der Waals surface area contributed by atoms with E-state index in [0.29, 0.717) is 11.5 Å². The molecule has 1 fully saturated rings. The van der Waals surface area contributed by atoms with Gasteiger partial charge in [0.15, 0.2) is 0 Å². The van der Waals surface area contributed by atoms with Gasteiger partial charge in [0.25, 0.3) is 0 Å². The summed E-state index contributed by atoms with van der Waals surface area (Å²) in [5.74, 6) is 0.122. The van der Waals surface area contributed by atoms with Crippen LogP contribution in [-0.4, -0.2) is 36.4 Å². The molecule has 2 aliphatic rings. The number of fused-ring (bicyclic) bond motifs is 2. The Bertz CT molecular complexity index is 892. The van der Waals surface area contributed by atoms with Gasteiger partial charge < -0.3 is 15.5 Å². The van der Waals surface area contributed by atoms with E-state index in [1.54, 1.807) is 11.8 Å². The highest BCUT2D eigenvalue weighted by Crippen LogP contribution is 2.49. The molecule has 2 aromatic rings. The summed E-state index contributed by atoms with van der Waals surface area (Å²) in [6.07, 6.45) is 2.59.